The summed E-state index contributed by atoms with van der Waals surface area (Å²) < 4.78 is 47.3. The van der Waals surface area contributed by atoms with E-state index in [2.05, 4.69) is 0 Å². The van der Waals surface area contributed by atoms with Crippen molar-refractivity contribution in [2.45, 2.75) is 44.7 Å². The molecule has 0 heterocycles. The van der Waals surface area contributed by atoms with E-state index >= 15 is 0 Å². The van der Waals surface area contributed by atoms with Crippen molar-refractivity contribution in [1.29, 1.82) is 0 Å². The van der Waals surface area contributed by atoms with Crippen molar-refractivity contribution in [3.63, 3.8) is 0 Å². The van der Waals surface area contributed by atoms with Gasteiger partial charge in [-0.05, 0) is 18.8 Å². The third-order valence-electron chi connectivity index (χ3n) is 2.75. The fourth-order valence-electron chi connectivity index (χ4n) is 2.01. The molecule has 2 nitrogen and oxygen atoms in total. The molecule has 1 aliphatic rings. The molecule has 0 aliphatic heterocycles. The molecule has 0 aromatic heterocycles. The summed E-state index contributed by atoms with van der Waals surface area (Å²) in [6, 6.07) is 0. The maximum atomic E-state index is 12.1. The van der Waals surface area contributed by atoms with Gasteiger partial charge >= 0.3 is 6.18 Å². The fourth-order valence-corrected chi connectivity index (χ4v) is 2.74. The molecule has 1 fully saturated rings. The van der Waals surface area contributed by atoms with E-state index in [1.807, 2.05) is 0 Å². The van der Waals surface area contributed by atoms with Gasteiger partial charge in [0.2, 0.25) is 8.03 Å². The molecule has 1 unspecified atom stereocenters. The van der Waals surface area contributed by atoms with Crippen molar-refractivity contribution in [2.24, 2.45) is 5.92 Å². The smallest absolute Gasteiger partial charge is 0.343 e. The Kier molecular flexibility index (Phi) is 5.06. The Morgan fingerprint density at radius 3 is 2.31 bits per heavy atom. The number of halogens is 3. The lowest BCUT2D eigenvalue weighted by atomic mass is 9.89. The van der Waals surface area contributed by atoms with Crippen LogP contribution in [0.3, 0.4) is 0 Å². The van der Waals surface area contributed by atoms with E-state index in [0.29, 0.717) is 0 Å². The SMILES string of the molecule is O=[PH](O)C(=CC1CCCCC1)CC(F)(F)F. The standard InChI is InChI=1S/C10H16F3O2P/c11-10(12,13)7-9(16(14)15)6-8-4-2-1-3-5-8/h6,8,16H,1-5,7H2,(H,14,15). The molecule has 94 valence electrons. The summed E-state index contributed by atoms with van der Waals surface area (Å²) in [5, 5.41) is -0.329. The quantitative estimate of drug-likeness (QED) is 0.778. The van der Waals surface area contributed by atoms with Crippen LogP contribution in [0, 0.1) is 5.92 Å². The predicted octanol–water partition coefficient (Wildman–Crippen LogP) is 3.87. The molecule has 1 rings (SSSR count). The maximum Gasteiger partial charge on any atom is 0.393 e. The Morgan fingerprint density at radius 1 is 1.31 bits per heavy atom. The Labute approximate surface area is 93.4 Å². The molecule has 0 bridgehead atoms. The van der Waals surface area contributed by atoms with Gasteiger partial charge in [0.25, 0.3) is 0 Å². The highest BCUT2D eigenvalue weighted by Crippen LogP contribution is 2.39. The van der Waals surface area contributed by atoms with Crippen LogP contribution >= 0.6 is 8.03 Å². The summed E-state index contributed by atoms with van der Waals surface area (Å²) in [7, 11) is -3.21. The average Bonchev–Trinajstić information content (AvgIpc) is 2.16. The van der Waals surface area contributed by atoms with E-state index in [1.54, 1.807) is 0 Å². The van der Waals surface area contributed by atoms with Gasteiger partial charge in [-0.3, -0.25) is 4.57 Å². The van der Waals surface area contributed by atoms with Crippen LogP contribution in [0.5, 0.6) is 0 Å². The highest BCUT2D eigenvalue weighted by molar-refractivity contribution is 7.43. The molecule has 0 aromatic carbocycles. The van der Waals surface area contributed by atoms with Crippen LogP contribution in [-0.4, -0.2) is 11.1 Å². The van der Waals surface area contributed by atoms with Crippen LogP contribution in [-0.2, 0) is 4.57 Å². The van der Waals surface area contributed by atoms with Gasteiger partial charge in [-0.1, -0.05) is 25.3 Å². The second kappa shape index (κ2) is 5.87. The van der Waals surface area contributed by atoms with Crippen LogP contribution < -0.4 is 0 Å². The van der Waals surface area contributed by atoms with Crippen molar-refractivity contribution in [2.75, 3.05) is 0 Å². The molecule has 1 atom stereocenters. The van der Waals surface area contributed by atoms with Gasteiger partial charge < -0.3 is 4.89 Å². The molecule has 0 amide bonds. The van der Waals surface area contributed by atoms with E-state index in [0.717, 1.165) is 32.1 Å². The first-order valence-electron chi connectivity index (χ1n) is 5.39. The fraction of sp³-hybridized carbons (Fsp3) is 0.800. The van der Waals surface area contributed by atoms with Gasteiger partial charge in [0.1, 0.15) is 0 Å². The molecule has 1 N–H and O–H groups in total. The lowest BCUT2D eigenvalue weighted by Crippen LogP contribution is -2.09. The number of hydrogen-bond donors (Lipinski definition) is 1. The summed E-state index contributed by atoms with van der Waals surface area (Å²) in [5.41, 5.74) is 0. The second-order valence-corrected chi connectivity index (χ2v) is 5.44. The summed E-state index contributed by atoms with van der Waals surface area (Å²) in [6.45, 7) is 0. The summed E-state index contributed by atoms with van der Waals surface area (Å²) in [6.07, 6.45) is 0.481. The third-order valence-corrected chi connectivity index (χ3v) is 3.65. The van der Waals surface area contributed by atoms with Gasteiger partial charge in [0.05, 0.1) is 6.42 Å². The third kappa shape index (κ3) is 5.17. The largest absolute Gasteiger partial charge is 0.393 e. The minimum Gasteiger partial charge on any atom is -0.343 e. The molecule has 0 saturated heterocycles. The van der Waals surface area contributed by atoms with Crippen LogP contribution in [0.4, 0.5) is 13.2 Å². The number of hydrogen-bond acceptors (Lipinski definition) is 1. The number of rotatable bonds is 3. The first-order chi connectivity index (χ1) is 7.38. The van der Waals surface area contributed by atoms with Crippen LogP contribution in [0.25, 0.3) is 0 Å². The topological polar surface area (TPSA) is 37.3 Å². The zero-order valence-corrected chi connectivity index (χ0v) is 9.89. The normalized spacial score (nSPS) is 22.1. The first-order valence-corrected chi connectivity index (χ1v) is 6.75. The van der Waals surface area contributed by atoms with Crippen molar-refractivity contribution >= 4 is 8.03 Å². The van der Waals surface area contributed by atoms with Gasteiger partial charge in [-0.25, -0.2) is 0 Å². The average molecular weight is 256 g/mol. The van der Waals surface area contributed by atoms with Crippen molar-refractivity contribution in [1.82, 2.24) is 0 Å². The van der Waals surface area contributed by atoms with Crippen LogP contribution in [0.2, 0.25) is 0 Å². The number of allylic oxidation sites excluding steroid dienone is 2. The molecule has 0 spiro atoms. The zero-order valence-electron chi connectivity index (χ0n) is 8.89. The summed E-state index contributed by atoms with van der Waals surface area (Å²) in [4.78, 5) is 8.88. The minimum atomic E-state index is -4.40. The van der Waals surface area contributed by atoms with Crippen molar-refractivity contribution < 1.29 is 22.6 Å². The monoisotopic (exact) mass is 256 g/mol. The Bertz CT molecular complexity index is 280. The maximum absolute atomic E-state index is 12.1. The Hall–Kier alpha value is -0.280. The molecule has 1 saturated carbocycles. The van der Waals surface area contributed by atoms with Crippen LogP contribution in [0.1, 0.15) is 38.5 Å². The minimum absolute atomic E-state index is 0.0483. The molecule has 16 heavy (non-hydrogen) atoms. The highest BCUT2D eigenvalue weighted by atomic mass is 31.1. The van der Waals surface area contributed by atoms with E-state index in [1.165, 1.54) is 6.08 Å². The van der Waals surface area contributed by atoms with E-state index in [4.69, 9.17) is 4.89 Å². The predicted molar refractivity (Wildman–Crippen MR) is 56.6 cm³/mol. The van der Waals surface area contributed by atoms with Gasteiger partial charge in [-0.15, -0.1) is 0 Å². The lowest BCUT2D eigenvalue weighted by Gasteiger charge is -2.19. The summed E-state index contributed by atoms with van der Waals surface area (Å²) >= 11 is 0. The van der Waals surface area contributed by atoms with Gasteiger partial charge in [0.15, 0.2) is 0 Å². The van der Waals surface area contributed by atoms with Crippen molar-refractivity contribution in [3.05, 3.63) is 11.4 Å². The number of alkyl halides is 3. The van der Waals surface area contributed by atoms with E-state index in [9.17, 15) is 17.7 Å². The Balaban J connectivity index is 2.68. The van der Waals surface area contributed by atoms with Gasteiger partial charge in [0, 0.05) is 5.31 Å². The zero-order chi connectivity index (χ0) is 12.2. The van der Waals surface area contributed by atoms with Crippen LogP contribution in [0.15, 0.2) is 11.4 Å². The van der Waals surface area contributed by atoms with E-state index in [-0.39, 0.29) is 11.2 Å². The molecular weight excluding hydrogens is 240 g/mol. The Morgan fingerprint density at radius 2 is 1.88 bits per heavy atom. The molecule has 6 heteroatoms. The molecular formula is C10H16F3O2P. The molecule has 0 radical (unpaired) electrons. The van der Waals surface area contributed by atoms with Crippen molar-refractivity contribution in [3.8, 4) is 0 Å². The van der Waals surface area contributed by atoms with E-state index < -0.39 is 20.6 Å². The molecule has 0 aromatic rings. The van der Waals surface area contributed by atoms with Gasteiger partial charge in [-0.2, -0.15) is 13.2 Å². The molecule has 1 aliphatic carbocycles. The summed E-state index contributed by atoms with van der Waals surface area (Å²) in [5.74, 6) is 0.0483. The lowest BCUT2D eigenvalue weighted by molar-refractivity contribution is -0.126. The second-order valence-electron chi connectivity index (χ2n) is 4.19. The first kappa shape index (κ1) is 13.8. The highest BCUT2D eigenvalue weighted by Gasteiger charge is 2.31.